The van der Waals surface area contributed by atoms with Crippen LogP contribution in [-0.4, -0.2) is 53.5 Å². The molecule has 0 bridgehead atoms. The Kier molecular flexibility index (Phi) is 3.59. The van der Waals surface area contributed by atoms with E-state index in [-0.39, 0.29) is 11.3 Å². The number of nitrogens with zero attached hydrogens (tertiary/aromatic N) is 4. The van der Waals surface area contributed by atoms with Gasteiger partial charge in [0, 0.05) is 49.7 Å². The minimum absolute atomic E-state index is 0.0108. The van der Waals surface area contributed by atoms with E-state index in [2.05, 4.69) is 22.0 Å². The maximum atomic E-state index is 12.7. The second-order valence-electron chi connectivity index (χ2n) is 7.45. The van der Waals surface area contributed by atoms with E-state index in [9.17, 15) is 4.79 Å². The first-order valence-corrected chi connectivity index (χ1v) is 9.26. The highest BCUT2D eigenvalue weighted by atomic mass is 35.5. The van der Waals surface area contributed by atoms with Gasteiger partial charge in [0.1, 0.15) is 17.1 Å². The Balaban J connectivity index is 1.22. The Morgan fingerprint density at radius 2 is 1.81 bits per heavy atom. The van der Waals surface area contributed by atoms with E-state index in [1.807, 2.05) is 23.1 Å². The Morgan fingerprint density at radius 1 is 1.07 bits per heavy atom. The van der Waals surface area contributed by atoms with Gasteiger partial charge in [-0.1, -0.05) is 11.6 Å². The average Bonchev–Trinajstić information content (AvgIpc) is 3.03. The molecule has 2 fully saturated rings. The number of rotatable bonds is 3. The molecule has 0 atom stereocenters. The normalized spacial score (nSPS) is 17.7. The van der Waals surface area contributed by atoms with Gasteiger partial charge in [0.2, 0.25) is 0 Å². The molecule has 138 valence electrons. The number of methoxy groups -OCH3 is 1. The standard InChI is InChI=1S/C20H19ClN4O2/c1-27-16-5-3-15(4-6-16)24-10-20(11-24)12-25(13-20)19(26)17-9-23-8-14(21)2-7-18(23)22-17/h2-9H,10-13H2,1H3. The van der Waals surface area contributed by atoms with Gasteiger partial charge in [0.25, 0.3) is 5.91 Å². The fraction of sp³-hybridized carbons (Fsp3) is 0.300. The average molecular weight is 383 g/mol. The van der Waals surface area contributed by atoms with Crippen molar-refractivity contribution in [3.8, 4) is 5.75 Å². The number of hydrogen-bond donors (Lipinski definition) is 0. The third-order valence-electron chi connectivity index (χ3n) is 5.46. The van der Waals surface area contributed by atoms with Gasteiger partial charge in [-0.05, 0) is 36.4 Å². The van der Waals surface area contributed by atoms with Crippen LogP contribution in [0.2, 0.25) is 5.02 Å². The number of fused-ring (bicyclic) bond motifs is 1. The molecule has 1 amide bonds. The Labute approximate surface area is 161 Å². The summed E-state index contributed by atoms with van der Waals surface area (Å²) < 4.78 is 7.00. The summed E-state index contributed by atoms with van der Waals surface area (Å²) in [5.41, 5.74) is 2.62. The third-order valence-corrected chi connectivity index (χ3v) is 5.69. The van der Waals surface area contributed by atoms with E-state index >= 15 is 0 Å². The van der Waals surface area contributed by atoms with Gasteiger partial charge in [0.15, 0.2) is 0 Å². The number of aromatic nitrogens is 2. The van der Waals surface area contributed by atoms with E-state index in [1.54, 1.807) is 30.0 Å². The van der Waals surface area contributed by atoms with Gasteiger partial charge >= 0.3 is 0 Å². The molecule has 0 radical (unpaired) electrons. The monoisotopic (exact) mass is 382 g/mol. The Hall–Kier alpha value is -2.73. The number of halogens is 1. The summed E-state index contributed by atoms with van der Waals surface area (Å²) in [6.45, 7) is 3.52. The van der Waals surface area contributed by atoms with Crippen molar-refractivity contribution in [2.24, 2.45) is 5.41 Å². The first-order valence-electron chi connectivity index (χ1n) is 8.88. The smallest absolute Gasteiger partial charge is 0.274 e. The van der Waals surface area contributed by atoms with Crippen LogP contribution in [0.1, 0.15) is 10.5 Å². The Bertz CT molecular complexity index is 1020. The quantitative estimate of drug-likeness (QED) is 0.698. The number of hydrogen-bond acceptors (Lipinski definition) is 4. The lowest BCUT2D eigenvalue weighted by molar-refractivity contribution is -0.0108. The molecule has 2 saturated heterocycles. The second kappa shape index (κ2) is 5.89. The number of carbonyl (C=O) groups excluding carboxylic acids is 1. The zero-order valence-electron chi connectivity index (χ0n) is 14.9. The summed E-state index contributed by atoms with van der Waals surface area (Å²) in [4.78, 5) is 21.4. The van der Waals surface area contributed by atoms with Gasteiger partial charge in [-0.2, -0.15) is 0 Å². The molecule has 4 heterocycles. The summed E-state index contributed by atoms with van der Waals surface area (Å²) >= 11 is 6.00. The zero-order chi connectivity index (χ0) is 18.6. The lowest BCUT2D eigenvalue weighted by Gasteiger charge is -2.60. The van der Waals surface area contributed by atoms with Gasteiger partial charge in [0.05, 0.1) is 12.1 Å². The molecule has 0 aliphatic carbocycles. The van der Waals surface area contributed by atoms with E-state index in [0.717, 1.165) is 37.6 Å². The first kappa shape index (κ1) is 16.4. The predicted octanol–water partition coefficient (Wildman–Crippen LogP) is 2.96. The molecule has 5 rings (SSSR count). The summed E-state index contributed by atoms with van der Waals surface area (Å²) in [5.74, 6) is 0.853. The molecule has 2 aliphatic rings. The summed E-state index contributed by atoms with van der Waals surface area (Å²) in [6, 6.07) is 11.7. The zero-order valence-corrected chi connectivity index (χ0v) is 15.7. The van der Waals surface area contributed by atoms with Gasteiger partial charge in [-0.3, -0.25) is 4.79 Å². The molecular weight excluding hydrogens is 364 g/mol. The van der Waals surface area contributed by atoms with E-state index in [0.29, 0.717) is 10.7 Å². The molecule has 6 nitrogen and oxygen atoms in total. The van der Waals surface area contributed by atoms with Crippen LogP contribution in [0.4, 0.5) is 5.69 Å². The van der Waals surface area contributed by atoms with E-state index < -0.39 is 0 Å². The number of anilines is 1. The van der Waals surface area contributed by atoms with Gasteiger partial charge in [-0.25, -0.2) is 4.98 Å². The number of carbonyl (C=O) groups is 1. The molecule has 1 aromatic carbocycles. The van der Waals surface area contributed by atoms with Crippen molar-refractivity contribution >= 4 is 28.8 Å². The van der Waals surface area contributed by atoms with Crippen molar-refractivity contribution in [2.45, 2.75) is 0 Å². The van der Waals surface area contributed by atoms with Gasteiger partial charge in [-0.15, -0.1) is 0 Å². The van der Waals surface area contributed by atoms with Gasteiger partial charge < -0.3 is 18.9 Å². The molecule has 7 heteroatoms. The largest absolute Gasteiger partial charge is 0.497 e. The topological polar surface area (TPSA) is 50.1 Å². The highest BCUT2D eigenvalue weighted by Crippen LogP contribution is 2.42. The molecule has 0 N–H and O–H groups in total. The highest BCUT2D eigenvalue weighted by Gasteiger charge is 2.53. The molecule has 2 aliphatic heterocycles. The molecule has 0 saturated carbocycles. The van der Waals surface area contributed by atoms with Crippen LogP contribution in [0.25, 0.3) is 5.65 Å². The molecule has 27 heavy (non-hydrogen) atoms. The fourth-order valence-corrected chi connectivity index (χ4v) is 4.24. The lowest BCUT2D eigenvalue weighted by atomic mass is 9.72. The number of likely N-dealkylation sites (tertiary alicyclic amines) is 1. The predicted molar refractivity (Wildman–Crippen MR) is 104 cm³/mol. The Morgan fingerprint density at radius 3 is 2.52 bits per heavy atom. The van der Waals surface area contributed by atoms with Crippen molar-refractivity contribution in [1.29, 1.82) is 0 Å². The fourth-order valence-electron chi connectivity index (χ4n) is 4.08. The summed E-state index contributed by atoms with van der Waals surface area (Å²) in [5, 5.41) is 0.620. The maximum absolute atomic E-state index is 12.7. The molecule has 2 aromatic heterocycles. The number of imidazole rings is 1. The molecular formula is C20H19ClN4O2. The molecule has 0 unspecified atom stereocenters. The van der Waals surface area contributed by atoms with E-state index in [1.165, 1.54) is 5.69 Å². The van der Waals surface area contributed by atoms with Crippen LogP contribution in [0.15, 0.2) is 48.8 Å². The van der Waals surface area contributed by atoms with Crippen LogP contribution >= 0.6 is 11.6 Å². The lowest BCUT2D eigenvalue weighted by Crippen LogP contribution is -2.73. The molecule has 3 aromatic rings. The number of benzene rings is 1. The van der Waals surface area contributed by atoms with Crippen LogP contribution in [0.3, 0.4) is 0 Å². The minimum Gasteiger partial charge on any atom is -0.497 e. The first-order chi connectivity index (χ1) is 13.0. The summed E-state index contributed by atoms with van der Waals surface area (Å²) in [7, 11) is 1.67. The van der Waals surface area contributed by atoms with E-state index in [4.69, 9.17) is 16.3 Å². The molecule has 1 spiro atoms. The number of amides is 1. The van der Waals surface area contributed by atoms with Crippen LogP contribution in [0.5, 0.6) is 5.75 Å². The van der Waals surface area contributed by atoms with Crippen LogP contribution < -0.4 is 9.64 Å². The van der Waals surface area contributed by atoms with Crippen molar-refractivity contribution in [2.75, 3.05) is 38.2 Å². The van der Waals surface area contributed by atoms with Crippen molar-refractivity contribution in [1.82, 2.24) is 14.3 Å². The van der Waals surface area contributed by atoms with Crippen LogP contribution in [0, 0.1) is 5.41 Å². The number of ether oxygens (including phenoxy) is 1. The SMILES string of the molecule is COc1ccc(N2CC3(CN(C(=O)c4cn5cc(Cl)ccc5n4)C3)C2)cc1. The third kappa shape index (κ3) is 2.72. The minimum atomic E-state index is -0.0108. The summed E-state index contributed by atoms with van der Waals surface area (Å²) in [6.07, 6.45) is 3.51. The van der Waals surface area contributed by atoms with Crippen molar-refractivity contribution < 1.29 is 9.53 Å². The second-order valence-corrected chi connectivity index (χ2v) is 7.89. The van der Waals surface area contributed by atoms with Crippen LogP contribution in [-0.2, 0) is 0 Å². The highest BCUT2D eigenvalue weighted by molar-refractivity contribution is 6.30. The van der Waals surface area contributed by atoms with Crippen molar-refractivity contribution in [3.05, 3.63) is 59.5 Å². The number of pyridine rings is 1. The maximum Gasteiger partial charge on any atom is 0.274 e. The van der Waals surface area contributed by atoms with Crippen molar-refractivity contribution in [3.63, 3.8) is 0 Å².